The highest BCUT2D eigenvalue weighted by molar-refractivity contribution is 6.01. The van der Waals surface area contributed by atoms with Gasteiger partial charge in [-0.2, -0.15) is 0 Å². The van der Waals surface area contributed by atoms with Crippen LogP contribution >= 0.6 is 0 Å². The molecule has 0 bridgehead atoms. The first-order valence-electron chi connectivity index (χ1n) is 11.9. The van der Waals surface area contributed by atoms with Gasteiger partial charge in [0.25, 0.3) is 5.91 Å². The van der Waals surface area contributed by atoms with E-state index in [2.05, 4.69) is 53.4 Å². The maximum absolute atomic E-state index is 13.0. The molecule has 0 aliphatic carbocycles. The summed E-state index contributed by atoms with van der Waals surface area (Å²) in [6, 6.07) is 24.5. The molecule has 178 valence electrons. The van der Waals surface area contributed by atoms with Crippen LogP contribution < -0.4 is 10.2 Å². The minimum Gasteiger partial charge on any atom is -0.486 e. The van der Waals surface area contributed by atoms with Crippen molar-refractivity contribution < 1.29 is 19.5 Å². The van der Waals surface area contributed by atoms with Crippen LogP contribution in [0.3, 0.4) is 0 Å². The normalized spacial score (nSPS) is 17.2. The summed E-state index contributed by atoms with van der Waals surface area (Å²) in [5, 5.41) is 8.61. The summed E-state index contributed by atoms with van der Waals surface area (Å²) in [5.41, 5.74) is 6.06. The number of rotatable bonds is 5. The van der Waals surface area contributed by atoms with Gasteiger partial charge in [0, 0.05) is 38.6 Å². The van der Waals surface area contributed by atoms with Gasteiger partial charge in [-0.05, 0) is 40.5 Å². The molecule has 1 amide bonds. The van der Waals surface area contributed by atoms with Gasteiger partial charge < -0.3 is 4.74 Å². The maximum Gasteiger partial charge on any atom is 0.267 e. The van der Waals surface area contributed by atoms with E-state index in [1.807, 2.05) is 6.07 Å². The summed E-state index contributed by atoms with van der Waals surface area (Å²) >= 11 is 0. The van der Waals surface area contributed by atoms with E-state index in [0.717, 1.165) is 32.5 Å². The Morgan fingerprint density at radius 2 is 1.71 bits per heavy atom. The van der Waals surface area contributed by atoms with E-state index in [4.69, 9.17) is 9.94 Å². The van der Waals surface area contributed by atoms with Crippen LogP contribution in [0.1, 0.15) is 40.7 Å². The van der Waals surface area contributed by atoms with Crippen molar-refractivity contribution in [2.45, 2.75) is 31.4 Å². The zero-order valence-corrected chi connectivity index (χ0v) is 19.4. The molecule has 2 N–H and O–H groups in total. The highest BCUT2D eigenvalue weighted by atomic mass is 16.5. The maximum atomic E-state index is 13.0. The second kappa shape index (κ2) is 9.86. The van der Waals surface area contributed by atoms with Crippen LogP contribution in [0.5, 0.6) is 5.75 Å². The largest absolute Gasteiger partial charge is 0.486 e. The Labute approximate surface area is 204 Å². The van der Waals surface area contributed by atoms with Crippen molar-refractivity contribution >= 4 is 17.8 Å². The Balaban J connectivity index is 1.20. The molecule has 0 atom stereocenters. The number of hydrogen-bond acceptors (Lipinski definition) is 5. The third-order valence-electron chi connectivity index (χ3n) is 6.89. The van der Waals surface area contributed by atoms with Crippen molar-refractivity contribution in [3.63, 3.8) is 0 Å². The zero-order valence-electron chi connectivity index (χ0n) is 19.4. The molecule has 1 fully saturated rings. The number of carbonyl (C=O) groups excluding carboxylic acids is 2. The lowest BCUT2D eigenvalue weighted by Gasteiger charge is -2.44. The number of benzene rings is 3. The minimum atomic E-state index is -0.622. The van der Waals surface area contributed by atoms with Gasteiger partial charge in [0.1, 0.15) is 11.4 Å². The molecule has 35 heavy (non-hydrogen) atoms. The smallest absolute Gasteiger partial charge is 0.267 e. The molecule has 2 aliphatic heterocycles. The molecule has 3 aromatic rings. The summed E-state index contributed by atoms with van der Waals surface area (Å²) in [7, 11) is 0. The van der Waals surface area contributed by atoms with Crippen LogP contribution in [-0.2, 0) is 11.3 Å². The molecule has 6 heteroatoms. The number of ketones is 1. The van der Waals surface area contributed by atoms with E-state index in [0.29, 0.717) is 23.3 Å². The summed E-state index contributed by atoms with van der Waals surface area (Å²) in [4.78, 5) is 26.6. The Kier molecular flexibility index (Phi) is 6.49. The van der Waals surface area contributed by atoms with Gasteiger partial charge in [-0.15, -0.1) is 0 Å². The van der Waals surface area contributed by atoms with Crippen LogP contribution in [0.15, 0.2) is 78.9 Å². The number of hydrogen-bond donors (Lipinski definition) is 2. The summed E-state index contributed by atoms with van der Waals surface area (Å²) < 4.78 is 6.40. The number of nitrogens with zero attached hydrogens (tertiary/aromatic N) is 1. The van der Waals surface area contributed by atoms with Crippen LogP contribution in [0.4, 0.5) is 0 Å². The highest BCUT2D eigenvalue weighted by Gasteiger charge is 2.42. The third kappa shape index (κ3) is 5.19. The van der Waals surface area contributed by atoms with E-state index in [9.17, 15) is 9.59 Å². The first-order chi connectivity index (χ1) is 17.0. The Morgan fingerprint density at radius 1 is 1.00 bits per heavy atom. The molecule has 0 unspecified atom stereocenters. The van der Waals surface area contributed by atoms with Crippen molar-refractivity contribution in [1.29, 1.82) is 0 Å². The lowest BCUT2D eigenvalue weighted by Crippen LogP contribution is -2.50. The van der Waals surface area contributed by atoms with Crippen LogP contribution in [0.2, 0.25) is 0 Å². The number of piperidine rings is 1. The number of amides is 1. The molecule has 0 saturated carbocycles. The van der Waals surface area contributed by atoms with Crippen molar-refractivity contribution in [2.24, 2.45) is 0 Å². The molecule has 0 radical (unpaired) electrons. The molecule has 1 saturated heterocycles. The average Bonchev–Trinajstić information content (AvgIpc) is 2.90. The second-order valence-electron chi connectivity index (χ2n) is 9.29. The van der Waals surface area contributed by atoms with Gasteiger partial charge in [0.2, 0.25) is 0 Å². The Hall–Kier alpha value is -3.74. The quantitative estimate of drug-likeness (QED) is 0.317. The van der Waals surface area contributed by atoms with E-state index < -0.39 is 11.5 Å². The van der Waals surface area contributed by atoms with Crippen molar-refractivity contribution in [3.8, 4) is 16.9 Å². The van der Waals surface area contributed by atoms with Gasteiger partial charge >= 0.3 is 0 Å². The van der Waals surface area contributed by atoms with Crippen LogP contribution in [0, 0.1) is 0 Å². The topological polar surface area (TPSA) is 78.9 Å². The van der Waals surface area contributed by atoms with Gasteiger partial charge in [0.15, 0.2) is 5.78 Å². The number of carbonyl (C=O) groups is 2. The van der Waals surface area contributed by atoms with Gasteiger partial charge in [-0.1, -0.05) is 60.7 Å². The van der Waals surface area contributed by atoms with Gasteiger partial charge in [-0.25, -0.2) is 5.48 Å². The van der Waals surface area contributed by atoms with Gasteiger partial charge in [0.05, 0.1) is 12.0 Å². The first kappa shape index (κ1) is 23.0. The monoisotopic (exact) mass is 468 g/mol. The predicted molar refractivity (Wildman–Crippen MR) is 134 cm³/mol. The number of Topliss-reactive ketones (excluding diaryl/α,β-unsaturated/α-hetero) is 1. The SMILES string of the molecule is O=C(/C=C/c1ccc2c(c1)C(=O)CC1(CCN(Cc3ccc(-c4ccccc4)cc3)CC1)O2)NO. The molecule has 2 heterocycles. The van der Waals surface area contributed by atoms with Crippen LogP contribution in [-0.4, -0.2) is 40.5 Å². The van der Waals surface area contributed by atoms with E-state index >= 15 is 0 Å². The number of likely N-dealkylation sites (tertiary alicyclic amines) is 1. The van der Waals surface area contributed by atoms with E-state index in [-0.39, 0.29) is 5.78 Å². The second-order valence-corrected chi connectivity index (χ2v) is 9.29. The van der Waals surface area contributed by atoms with Crippen molar-refractivity contribution in [3.05, 3.63) is 95.6 Å². The molecular weight excluding hydrogens is 440 g/mol. The minimum absolute atomic E-state index is 0.0676. The predicted octanol–water partition coefficient (Wildman–Crippen LogP) is 4.87. The highest BCUT2D eigenvalue weighted by Crippen LogP contribution is 2.40. The Bertz CT molecular complexity index is 1240. The molecule has 0 aromatic heterocycles. The molecule has 6 nitrogen and oxygen atoms in total. The Morgan fingerprint density at radius 3 is 2.43 bits per heavy atom. The van der Waals surface area contributed by atoms with Crippen molar-refractivity contribution in [2.75, 3.05) is 13.1 Å². The number of ether oxygens (including phenoxy) is 1. The summed E-state index contributed by atoms with van der Waals surface area (Å²) in [6.45, 7) is 2.63. The van der Waals surface area contributed by atoms with Crippen LogP contribution in [0.25, 0.3) is 17.2 Å². The lowest BCUT2D eigenvalue weighted by atomic mass is 9.82. The lowest BCUT2D eigenvalue weighted by molar-refractivity contribution is -0.124. The molecule has 2 aliphatic rings. The first-order valence-corrected chi connectivity index (χ1v) is 11.9. The third-order valence-corrected chi connectivity index (χ3v) is 6.89. The standard InChI is InChI=1S/C29H28N2O4/c32-26-19-29(35-27-12-8-21(18-25(26)27)9-13-28(33)30-34)14-16-31(17-15-29)20-22-6-10-24(11-7-22)23-4-2-1-3-5-23/h1-13,18,34H,14-17,19-20H2,(H,30,33)/b13-9+. The molecule has 1 spiro atoms. The van der Waals surface area contributed by atoms with E-state index in [1.165, 1.54) is 22.8 Å². The van der Waals surface area contributed by atoms with Crippen molar-refractivity contribution in [1.82, 2.24) is 10.4 Å². The molecular formula is C29H28N2O4. The molecule has 5 rings (SSSR count). The zero-order chi connectivity index (χ0) is 24.3. The summed E-state index contributed by atoms with van der Waals surface area (Å²) in [5.74, 6) is 0.0520. The van der Waals surface area contributed by atoms with E-state index in [1.54, 1.807) is 29.8 Å². The number of nitrogens with one attached hydrogen (secondary N) is 1. The fourth-order valence-electron chi connectivity index (χ4n) is 4.91. The number of hydroxylamine groups is 1. The fourth-order valence-corrected chi connectivity index (χ4v) is 4.91. The average molecular weight is 469 g/mol. The molecule has 3 aromatic carbocycles. The number of fused-ring (bicyclic) bond motifs is 1. The summed E-state index contributed by atoms with van der Waals surface area (Å²) in [6.07, 6.45) is 4.73. The fraction of sp³-hybridized carbons (Fsp3) is 0.241. The van der Waals surface area contributed by atoms with Gasteiger partial charge in [-0.3, -0.25) is 19.7 Å².